The first-order chi connectivity index (χ1) is 18.8. The van der Waals surface area contributed by atoms with Crippen molar-refractivity contribution in [3.05, 3.63) is 76.5 Å². The summed E-state index contributed by atoms with van der Waals surface area (Å²) in [5.41, 5.74) is 1.07. The van der Waals surface area contributed by atoms with Gasteiger partial charge in [0.05, 0.1) is 35.7 Å². The molecule has 2 aromatic carbocycles. The van der Waals surface area contributed by atoms with Gasteiger partial charge in [-0.3, -0.25) is 4.79 Å². The van der Waals surface area contributed by atoms with Crippen LogP contribution in [0.5, 0.6) is 5.75 Å². The van der Waals surface area contributed by atoms with Gasteiger partial charge in [-0.15, -0.1) is 22.7 Å². The molecular weight excluding hydrogens is 547 g/mol. The summed E-state index contributed by atoms with van der Waals surface area (Å²) in [6.45, 7) is 5.33. The monoisotopic (exact) mass is 575 g/mol. The number of hydrogen-bond acceptors (Lipinski definition) is 8. The first-order valence-corrected chi connectivity index (χ1v) is 14.1. The lowest BCUT2D eigenvalue weighted by Gasteiger charge is -2.23. The van der Waals surface area contributed by atoms with E-state index in [9.17, 15) is 18.0 Å². The highest BCUT2D eigenvalue weighted by Crippen LogP contribution is 2.39. The third-order valence-corrected chi connectivity index (χ3v) is 7.57. The van der Waals surface area contributed by atoms with E-state index in [1.54, 1.807) is 13.0 Å². The van der Waals surface area contributed by atoms with Gasteiger partial charge in [0.25, 0.3) is 0 Å². The fourth-order valence-corrected chi connectivity index (χ4v) is 5.62. The molecular formula is C28H28F3N3O3S2. The quantitative estimate of drug-likeness (QED) is 0.175. The van der Waals surface area contributed by atoms with Gasteiger partial charge in [-0.05, 0) is 56.3 Å². The molecule has 1 N–H and O–H groups in total. The Morgan fingerprint density at radius 1 is 1.08 bits per heavy atom. The number of thiazole rings is 1. The van der Waals surface area contributed by atoms with Crippen molar-refractivity contribution in [1.82, 2.24) is 4.98 Å². The normalized spacial score (nSPS) is 11.3. The molecule has 0 saturated carbocycles. The van der Waals surface area contributed by atoms with Crippen molar-refractivity contribution in [3.63, 3.8) is 0 Å². The molecule has 4 aromatic rings. The number of para-hydroxylation sites is 1. The molecule has 0 atom stereocenters. The van der Waals surface area contributed by atoms with Gasteiger partial charge in [-0.1, -0.05) is 18.2 Å². The second kappa shape index (κ2) is 13.0. The Hall–Kier alpha value is -3.57. The first kappa shape index (κ1) is 28.4. The molecule has 2 aromatic heterocycles. The number of ether oxygens (including phenoxy) is 2. The minimum absolute atomic E-state index is 0.105. The smallest absolute Gasteiger partial charge is 0.420 e. The molecule has 0 amide bonds. The number of esters is 1. The Balaban J connectivity index is 1.42. The van der Waals surface area contributed by atoms with Crippen molar-refractivity contribution in [2.24, 2.45) is 0 Å². The average molecular weight is 576 g/mol. The van der Waals surface area contributed by atoms with E-state index in [2.05, 4.69) is 10.3 Å². The second-order valence-electron chi connectivity index (χ2n) is 8.38. The van der Waals surface area contributed by atoms with E-state index in [1.807, 2.05) is 59.7 Å². The van der Waals surface area contributed by atoms with Crippen LogP contribution in [0.2, 0.25) is 0 Å². The first-order valence-electron chi connectivity index (χ1n) is 12.4. The fraction of sp³-hybridized carbons (Fsp3) is 0.286. The number of thiophene rings is 1. The number of benzene rings is 2. The van der Waals surface area contributed by atoms with Crippen molar-refractivity contribution >= 4 is 45.1 Å². The number of likely N-dealkylation sites (N-methyl/N-ethyl adjacent to an activating group) is 1. The van der Waals surface area contributed by atoms with E-state index in [-0.39, 0.29) is 30.4 Å². The maximum absolute atomic E-state index is 13.9. The van der Waals surface area contributed by atoms with Crippen LogP contribution in [-0.4, -0.2) is 37.3 Å². The zero-order valence-corrected chi connectivity index (χ0v) is 23.1. The van der Waals surface area contributed by atoms with Crippen LogP contribution in [0.25, 0.3) is 10.6 Å². The van der Waals surface area contributed by atoms with Crippen LogP contribution in [0, 0.1) is 0 Å². The molecule has 6 nitrogen and oxygen atoms in total. The lowest BCUT2D eigenvalue weighted by Crippen LogP contribution is -2.28. The molecule has 0 aliphatic heterocycles. The summed E-state index contributed by atoms with van der Waals surface area (Å²) >= 11 is 2.70. The van der Waals surface area contributed by atoms with Crippen molar-refractivity contribution < 1.29 is 27.4 Å². The van der Waals surface area contributed by atoms with Gasteiger partial charge in [-0.2, -0.15) is 13.2 Å². The van der Waals surface area contributed by atoms with Gasteiger partial charge in [-0.25, -0.2) is 4.98 Å². The highest BCUT2D eigenvalue weighted by atomic mass is 32.1. The maximum Gasteiger partial charge on any atom is 0.420 e. The van der Waals surface area contributed by atoms with Crippen LogP contribution >= 0.6 is 22.7 Å². The molecule has 0 bridgehead atoms. The van der Waals surface area contributed by atoms with Crippen molar-refractivity contribution in [2.45, 2.75) is 26.4 Å². The number of alkyl halides is 3. The van der Waals surface area contributed by atoms with E-state index >= 15 is 0 Å². The summed E-state index contributed by atoms with van der Waals surface area (Å²) in [6, 6.07) is 17.3. The Morgan fingerprint density at radius 3 is 2.59 bits per heavy atom. The second-order valence-corrected chi connectivity index (χ2v) is 10.4. The Kier molecular flexibility index (Phi) is 9.47. The number of nitrogens with zero attached hydrogens (tertiary/aromatic N) is 2. The van der Waals surface area contributed by atoms with Gasteiger partial charge in [0.2, 0.25) is 0 Å². The Morgan fingerprint density at radius 2 is 1.87 bits per heavy atom. The number of rotatable bonds is 12. The number of aromatic nitrogens is 1. The average Bonchev–Trinajstić information content (AvgIpc) is 3.57. The molecule has 0 radical (unpaired) electrons. The molecule has 0 unspecified atom stereocenters. The van der Waals surface area contributed by atoms with Crippen LogP contribution in [0.3, 0.4) is 0 Å². The number of carbonyl (C=O) groups is 1. The maximum atomic E-state index is 13.9. The van der Waals surface area contributed by atoms with E-state index in [1.165, 1.54) is 28.7 Å². The molecule has 4 rings (SSSR count). The van der Waals surface area contributed by atoms with Crippen LogP contribution in [-0.2, 0) is 22.1 Å². The van der Waals surface area contributed by atoms with Crippen molar-refractivity contribution in [2.75, 3.05) is 36.5 Å². The van der Waals surface area contributed by atoms with E-state index in [0.29, 0.717) is 30.5 Å². The van der Waals surface area contributed by atoms with E-state index < -0.39 is 11.7 Å². The molecule has 11 heteroatoms. The third-order valence-electron chi connectivity index (χ3n) is 5.70. The summed E-state index contributed by atoms with van der Waals surface area (Å²) in [7, 11) is 0. The molecule has 39 heavy (non-hydrogen) atoms. The Labute approximate surface area is 233 Å². The molecule has 2 heterocycles. The van der Waals surface area contributed by atoms with Crippen LogP contribution < -0.4 is 15.0 Å². The molecule has 0 saturated heterocycles. The van der Waals surface area contributed by atoms with Gasteiger partial charge < -0.3 is 19.7 Å². The standard InChI is InChI=1S/C28H28F3N3O3S2/c1-3-34(20-8-6-5-7-9-20)14-15-37-24-12-10-19(16-22(24)28(29,30)31)32-27-33-23(18-38-27)25-13-11-21(39-25)17-26(35)36-4-2/h5-13,16,18H,3-4,14-15,17H2,1-2H3,(H,32,33). The lowest BCUT2D eigenvalue weighted by molar-refractivity contribution is -0.142. The van der Waals surface area contributed by atoms with Crippen LogP contribution in [0.15, 0.2) is 66.0 Å². The molecule has 206 valence electrons. The summed E-state index contributed by atoms with van der Waals surface area (Å²) in [5.74, 6) is -0.511. The largest absolute Gasteiger partial charge is 0.491 e. The minimum atomic E-state index is -4.59. The van der Waals surface area contributed by atoms with E-state index in [4.69, 9.17) is 9.47 Å². The number of nitrogens with one attached hydrogen (secondary N) is 1. The zero-order valence-electron chi connectivity index (χ0n) is 21.5. The zero-order chi connectivity index (χ0) is 27.8. The molecule has 0 aliphatic carbocycles. The molecule has 0 aliphatic rings. The SMILES string of the molecule is CCOC(=O)Cc1ccc(-c2csc(Nc3ccc(OCCN(CC)c4ccccc4)c(C(F)(F)F)c3)n2)s1. The number of anilines is 3. The number of carbonyl (C=O) groups excluding carboxylic acids is 1. The summed E-state index contributed by atoms with van der Waals surface area (Å²) < 4.78 is 52.2. The van der Waals surface area contributed by atoms with Crippen molar-refractivity contribution in [3.8, 4) is 16.3 Å². The summed E-state index contributed by atoms with van der Waals surface area (Å²) in [6.07, 6.45) is -4.40. The third kappa shape index (κ3) is 7.73. The van der Waals surface area contributed by atoms with Gasteiger partial charge in [0, 0.05) is 28.2 Å². The predicted octanol–water partition coefficient (Wildman–Crippen LogP) is 7.64. The van der Waals surface area contributed by atoms with Gasteiger partial charge in [0.15, 0.2) is 5.13 Å². The molecule has 0 spiro atoms. The topological polar surface area (TPSA) is 63.7 Å². The fourth-order valence-electron chi connectivity index (χ4n) is 3.86. The van der Waals surface area contributed by atoms with Crippen LogP contribution in [0.4, 0.5) is 29.7 Å². The highest BCUT2D eigenvalue weighted by molar-refractivity contribution is 7.17. The summed E-state index contributed by atoms with van der Waals surface area (Å²) in [4.78, 5) is 20.0. The van der Waals surface area contributed by atoms with Crippen molar-refractivity contribution in [1.29, 1.82) is 0 Å². The molecule has 0 fully saturated rings. The number of halogens is 3. The highest BCUT2D eigenvalue weighted by Gasteiger charge is 2.35. The van der Waals surface area contributed by atoms with Gasteiger partial charge in [0.1, 0.15) is 12.4 Å². The lowest BCUT2D eigenvalue weighted by atomic mass is 10.1. The predicted molar refractivity (Wildman–Crippen MR) is 150 cm³/mol. The van der Waals surface area contributed by atoms with E-state index in [0.717, 1.165) is 21.5 Å². The van der Waals surface area contributed by atoms with Gasteiger partial charge >= 0.3 is 12.1 Å². The Bertz CT molecular complexity index is 1370. The summed E-state index contributed by atoms with van der Waals surface area (Å²) in [5, 5.41) is 5.24. The van der Waals surface area contributed by atoms with Crippen LogP contribution in [0.1, 0.15) is 24.3 Å². The number of hydrogen-bond donors (Lipinski definition) is 1. The minimum Gasteiger partial charge on any atom is -0.491 e.